The zero-order valence-corrected chi connectivity index (χ0v) is 14.8. The second-order valence-corrected chi connectivity index (χ2v) is 5.62. The highest BCUT2D eigenvalue weighted by molar-refractivity contribution is 5.94. The first-order valence-corrected chi connectivity index (χ1v) is 8.46. The van der Waals surface area contributed by atoms with Crippen molar-refractivity contribution >= 4 is 23.4 Å². The molecule has 0 spiro atoms. The average Bonchev–Trinajstić information content (AvgIpc) is 3.21. The van der Waals surface area contributed by atoms with Crippen LogP contribution < -0.4 is 10.6 Å². The van der Waals surface area contributed by atoms with Crippen LogP contribution in [0.25, 0.3) is 0 Å². The summed E-state index contributed by atoms with van der Waals surface area (Å²) in [6.07, 6.45) is 3.05. The minimum absolute atomic E-state index is 0.232. The number of nitrogens with one attached hydrogen (secondary N) is 2. The van der Waals surface area contributed by atoms with E-state index in [0.717, 1.165) is 5.69 Å². The Hall–Kier alpha value is -3.61. The molecule has 2 N–H and O–H groups in total. The number of hydrogen-bond donors (Lipinski definition) is 2. The lowest BCUT2D eigenvalue weighted by Crippen LogP contribution is -2.22. The van der Waals surface area contributed by atoms with E-state index in [1.54, 1.807) is 61.7 Å². The predicted molar refractivity (Wildman–Crippen MR) is 99.8 cm³/mol. The van der Waals surface area contributed by atoms with Crippen LogP contribution in [0.15, 0.2) is 65.4 Å². The monoisotopic (exact) mass is 365 g/mol. The Bertz CT molecular complexity index is 888. The molecule has 2 aromatic heterocycles. The quantitative estimate of drug-likeness (QED) is 0.622. The first kappa shape index (κ1) is 18.2. The Labute approximate surface area is 156 Å². The van der Waals surface area contributed by atoms with Crippen molar-refractivity contribution in [2.45, 2.75) is 13.5 Å². The summed E-state index contributed by atoms with van der Waals surface area (Å²) in [5.41, 5.74) is 1.70. The SMILES string of the molecule is CCOC(=O)c1ccc(Nc2ccc(C(=O)NCc3ccco3)cn2)cc1. The Morgan fingerprint density at radius 3 is 2.48 bits per heavy atom. The number of aromatic nitrogens is 1. The summed E-state index contributed by atoms with van der Waals surface area (Å²) in [6, 6.07) is 13.8. The first-order valence-electron chi connectivity index (χ1n) is 8.46. The lowest BCUT2D eigenvalue weighted by Gasteiger charge is -2.08. The zero-order chi connectivity index (χ0) is 19.1. The molecule has 1 aromatic carbocycles. The Balaban J connectivity index is 1.57. The van der Waals surface area contributed by atoms with Crippen LogP contribution in [0.3, 0.4) is 0 Å². The fraction of sp³-hybridized carbons (Fsp3) is 0.150. The van der Waals surface area contributed by atoms with E-state index in [9.17, 15) is 9.59 Å². The summed E-state index contributed by atoms with van der Waals surface area (Å²) in [7, 11) is 0. The van der Waals surface area contributed by atoms with Gasteiger partial charge in [-0.1, -0.05) is 0 Å². The van der Waals surface area contributed by atoms with E-state index >= 15 is 0 Å². The van der Waals surface area contributed by atoms with Gasteiger partial charge in [-0.2, -0.15) is 0 Å². The molecule has 0 aliphatic carbocycles. The molecule has 1 amide bonds. The number of anilines is 2. The van der Waals surface area contributed by atoms with Crippen molar-refractivity contribution in [3.63, 3.8) is 0 Å². The Morgan fingerprint density at radius 1 is 1.07 bits per heavy atom. The van der Waals surface area contributed by atoms with E-state index in [4.69, 9.17) is 9.15 Å². The van der Waals surface area contributed by atoms with Crippen LogP contribution in [0.2, 0.25) is 0 Å². The third-order valence-electron chi connectivity index (χ3n) is 3.70. The fourth-order valence-corrected chi connectivity index (χ4v) is 2.34. The molecule has 138 valence electrons. The number of benzene rings is 1. The van der Waals surface area contributed by atoms with E-state index in [-0.39, 0.29) is 11.9 Å². The maximum absolute atomic E-state index is 12.1. The largest absolute Gasteiger partial charge is 0.467 e. The number of amides is 1. The molecule has 0 saturated carbocycles. The molecule has 0 fully saturated rings. The highest BCUT2D eigenvalue weighted by atomic mass is 16.5. The van der Waals surface area contributed by atoms with Gasteiger partial charge < -0.3 is 19.8 Å². The van der Waals surface area contributed by atoms with E-state index < -0.39 is 0 Å². The van der Waals surface area contributed by atoms with Crippen molar-refractivity contribution in [2.75, 3.05) is 11.9 Å². The number of esters is 1. The average molecular weight is 365 g/mol. The number of ether oxygens (including phenoxy) is 1. The molecule has 0 saturated heterocycles. The topological polar surface area (TPSA) is 93.5 Å². The smallest absolute Gasteiger partial charge is 0.338 e. The summed E-state index contributed by atoms with van der Waals surface area (Å²) < 4.78 is 10.1. The summed E-state index contributed by atoms with van der Waals surface area (Å²) in [6.45, 7) is 2.42. The normalized spacial score (nSPS) is 10.3. The van der Waals surface area contributed by atoms with Gasteiger partial charge in [-0.05, 0) is 55.5 Å². The molecule has 3 aromatic rings. The van der Waals surface area contributed by atoms with Crippen LogP contribution in [-0.4, -0.2) is 23.5 Å². The van der Waals surface area contributed by atoms with Crippen molar-refractivity contribution < 1.29 is 18.7 Å². The third kappa shape index (κ3) is 4.94. The van der Waals surface area contributed by atoms with Crippen molar-refractivity contribution in [2.24, 2.45) is 0 Å². The van der Waals surface area contributed by atoms with Crippen LogP contribution in [0.5, 0.6) is 0 Å². The summed E-state index contributed by atoms with van der Waals surface area (Å²) in [5, 5.41) is 5.87. The van der Waals surface area contributed by atoms with Crippen molar-refractivity contribution in [3.05, 3.63) is 77.9 Å². The van der Waals surface area contributed by atoms with Gasteiger partial charge in [0, 0.05) is 11.9 Å². The van der Waals surface area contributed by atoms with Crippen LogP contribution in [0.4, 0.5) is 11.5 Å². The molecule has 7 heteroatoms. The van der Waals surface area contributed by atoms with E-state index in [1.165, 1.54) is 6.20 Å². The lowest BCUT2D eigenvalue weighted by atomic mass is 10.2. The molecule has 0 bridgehead atoms. The highest BCUT2D eigenvalue weighted by Crippen LogP contribution is 2.16. The third-order valence-corrected chi connectivity index (χ3v) is 3.70. The van der Waals surface area contributed by atoms with E-state index in [1.807, 2.05) is 0 Å². The Kier molecular flexibility index (Phi) is 5.84. The van der Waals surface area contributed by atoms with Gasteiger partial charge in [0.25, 0.3) is 5.91 Å². The van der Waals surface area contributed by atoms with E-state index in [2.05, 4.69) is 15.6 Å². The number of rotatable bonds is 7. The lowest BCUT2D eigenvalue weighted by molar-refractivity contribution is 0.0526. The molecule has 3 rings (SSSR count). The minimum Gasteiger partial charge on any atom is -0.467 e. The van der Waals surface area contributed by atoms with Gasteiger partial charge in [-0.25, -0.2) is 9.78 Å². The van der Waals surface area contributed by atoms with Crippen molar-refractivity contribution in [1.29, 1.82) is 0 Å². The maximum Gasteiger partial charge on any atom is 0.338 e. The number of carbonyl (C=O) groups is 2. The zero-order valence-electron chi connectivity index (χ0n) is 14.8. The number of carbonyl (C=O) groups excluding carboxylic acids is 2. The van der Waals surface area contributed by atoms with Crippen LogP contribution in [0.1, 0.15) is 33.4 Å². The molecule has 0 unspecified atom stereocenters. The minimum atomic E-state index is -0.355. The van der Waals surface area contributed by atoms with Crippen molar-refractivity contribution in [3.8, 4) is 0 Å². The van der Waals surface area contributed by atoms with Gasteiger partial charge in [0.05, 0.1) is 30.5 Å². The second kappa shape index (κ2) is 8.66. The van der Waals surface area contributed by atoms with E-state index in [0.29, 0.717) is 35.9 Å². The van der Waals surface area contributed by atoms with Gasteiger partial charge in [-0.3, -0.25) is 4.79 Å². The van der Waals surface area contributed by atoms with Crippen LogP contribution in [-0.2, 0) is 11.3 Å². The number of nitrogens with zero attached hydrogens (tertiary/aromatic N) is 1. The first-order chi connectivity index (χ1) is 13.2. The van der Waals surface area contributed by atoms with Crippen molar-refractivity contribution in [1.82, 2.24) is 10.3 Å². The number of furan rings is 1. The highest BCUT2D eigenvalue weighted by Gasteiger charge is 2.08. The molecule has 0 aliphatic rings. The molecule has 0 aliphatic heterocycles. The molecular formula is C20H19N3O4. The van der Waals surface area contributed by atoms with Gasteiger partial charge in [-0.15, -0.1) is 0 Å². The number of hydrogen-bond acceptors (Lipinski definition) is 6. The van der Waals surface area contributed by atoms with Crippen LogP contribution in [0, 0.1) is 0 Å². The van der Waals surface area contributed by atoms with Crippen LogP contribution >= 0.6 is 0 Å². The maximum atomic E-state index is 12.1. The molecule has 27 heavy (non-hydrogen) atoms. The van der Waals surface area contributed by atoms with Gasteiger partial charge in [0.1, 0.15) is 11.6 Å². The molecule has 7 nitrogen and oxygen atoms in total. The van der Waals surface area contributed by atoms with Gasteiger partial charge in [0.2, 0.25) is 0 Å². The van der Waals surface area contributed by atoms with Gasteiger partial charge in [0.15, 0.2) is 0 Å². The molecule has 0 radical (unpaired) electrons. The summed E-state index contributed by atoms with van der Waals surface area (Å²) >= 11 is 0. The summed E-state index contributed by atoms with van der Waals surface area (Å²) in [4.78, 5) is 28.0. The molecule has 2 heterocycles. The summed E-state index contributed by atoms with van der Waals surface area (Å²) in [5.74, 6) is 0.679. The van der Waals surface area contributed by atoms with Gasteiger partial charge >= 0.3 is 5.97 Å². The fourth-order valence-electron chi connectivity index (χ4n) is 2.34. The Morgan fingerprint density at radius 2 is 1.85 bits per heavy atom. The number of pyridine rings is 1. The molecular weight excluding hydrogens is 346 g/mol. The molecule has 0 atom stereocenters. The second-order valence-electron chi connectivity index (χ2n) is 5.62. The standard InChI is InChI=1S/C20H19N3O4/c1-2-26-20(25)14-5-8-16(9-6-14)23-18-10-7-15(12-21-18)19(24)22-13-17-4-3-11-27-17/h3-12H,2,13H2,1H3,(H,21,23)(H,22,24). The predicted octanol–water partition coefficient (Wildman–Crippen LogP) is 3.52.